The lowest BCUT2D eigenvalue weighted by atomic mass is 10.1. The van der Waals surface area contributed by atoms with Gasteiger partial charge in [0, 0.05) is 30.6 Å². The standard InChI is InChI=1S/C32H23BrIN3O4S/c33-22-8-4-5-20(17-22)18-27(36-30(39)21-6-2-1-3-7-21)31(40)35-24-11-15-26(16-12-24)42-28-19-29(38)37(32(28)41)25-13-9-23(34)10-14-25/h1-18,28H,19H2,(H,35,40)(H,36,39)/b27-18-. The fourth-order valence-corrected chi connectivity index (χ4v) is 6.07. The van der Waals surface area contributed by atoms with Crippen LogP contribution in [0.5, 0.6) is 0 Å². The van der Waals surface area contributed by atoms with Crippen molar-refractivity contribution >= 4 is 91.4 Å². The Hall–Kier alpha value is -3.74. The van der Waals surface area contributed by atoms with Gasteiger partial charge in [0.2, 0.25) is 11.8 Å². The van der Waals surface area contributed by atoms with Crippen molar-refractivity contribution in [3.63, 3.8) is 0 Å². The molecule has 0 saturated carbocycles. The molecule has 4 amide bonds. The first-order chi connectivity index (χ1) is 20.3. The van der Waals surface area contributed by atoms with Gasteiger partial charge in [-0.3, -0.25) is 19.2 Å². The maximum absolute atomic E-state index is 13.3. The van der Waals surface area contributed by atoms with Crippen LogP contribution in [-0.4, -0.2) is 28.9 Å². The highest BCUT2D eigenvalue weighted by Gasteiger charge is 2.40. The van der Waals surface area contributed by atoms with Crippen LogP contribution >= 0.6 is 50.3 Å². The maximum atomic E-state index is 13.3. The van der Waals surface area contributed by atoms with Gasteiger partial charge in [0.15, 0.2) is 0 Å². The monoisotopic (exact) mass is 751 g/mol. The SMILES string of the molecule is O=C(Nc1ccc(SC2CC(=O)N(c3ccc(I)cc3)C2=O)cc1)/C(=C/c1cccc(Br)c1)NC(=O)c1ccccc1. The quantitative estimate of drug-likeness (QED) is 0.116. The van der Waals surface area contributed by atoms with E-state index in [9.17, 15) is 19.2 Å². The van der Waals surface area contributed by atoms with E-state index in [0.717, 1.165) is 18.5 Å². The van der Waals surface area contributed by atoms with Gasteiger partial charge in [0.1, 0.15) is 5.70 Å². The van der Waals surface area contributed by atoms with Crippen molar-refractivity contribution in [2.45, 2.75) is 16.6 Å². The van der Waals surface area contributed by atoms with Crippen molar-refractivity contribution in [1.29, 1.82) is 0 Å². The minimum Gasteiger partial charge on any atom is -0.321 e. The normalized spacial score (nSPS) is 15.0. The Morgan fingerprint density at radius 1 is 0.905 bits per heavy atom. The second kappa shape index (κ2) is 13.5. The van der Waals surface area contributed by atoms with E-state index in [2.05, 4.69) is 49.2 Å². The summed E-state index contributed by atoms with van der Waals surface area (Å²) in [6, 6.07) is 30.3. The predicted molar refractivity (Wildman–Crippen MR) is 177 cm³/mol. The molecule has 4 aromatic rings. The fraction of sp³-hybridized carbons (Fsp3) is 0.0625. The first-order valence-electron chi connectivity index (χ1n) is 12.8. The molecule has 1 atom stereocenters. The zero-order chi connectivity index (χ0) is 29.6. The van der Waals surface area contributed by atoms with Crippen LogP contribution in [0, 0.1) is 3.57 Å². The highest BCUT2D eigenvalue weighted by atomic mass is 127. The molecule has 1 heterocycles. The number of hydrogen-bond acceptors (Lipinski definition) is 5. The number of imide groups is 1. The van der Waals surface area contributed by atoms with Gasteiger partial charge in [0.05, 0.1) is 10.9 Å². The van der Waals surface area contributed by atoms with E-state index in [1.165, 1.54) is 16.7 Å². The molecule has 0 aliphatic carbocycles. The van der Waals surface area contributed by atoms with Crippen LogP contribution in [0.1, 0.15) is 22.3 Å². The third kappa shape index (κ3) is 7.36. The van der Waals surface area contributed by atoms with Crippen LogP contribution in [0.25, 0.3) is 6.08 Å². The molecule has 1 fully saturated rings. The van der Waals surface area contributed by atoms with Crippen LogP contribution < -0.4 is 15.5 Å². The zero-order valence-electron chi connectivity index (χ0n) is 21.9. The van der Waals surface area contributed by atoms with Crippen molar-refractivity contribution < 1.29 is 19.2 Å². The summed E-state index contributed by atoms with van der Waals surface area (Å²) in [5.74, 6) is -1.39. The van der Waals surface area contributed by atoms with E-state index in [1.807, 2.05) is 42.5 Å². The number of carbonyl (C=O) groups is 4. The number of thioether (sulfide) groups is 1. The zero-order valence-corrected chi connectivity index (χ0v) is 26.5. The average molecular weight is 752 g/mol. The van der Waals surface area contributed by atoms with Crippen LogP contribution in [0.15, 0.2) is 118 Å². The van der Waals surface area contributed by atoms with Crippen LogP contribution in [0.3, 0.4) is 0 Å². The smallest absolute Gasteiger partial charge is 0.272 e. The Bertz CT molecular complexity index is 1680. The molecule has 10 heteroatoms. The Balaban J connectivity index is 1.28. The number of anilines is 2. The summed E-state index contributed by atoms with van der Waals surface area (Å²) in [5, 5.41) is 5.02. The lowest BCUT2D eigenvalue weighted by Crippen LogP contribution is -2.31. The van der Waals surface area contributed by atoms with Gasteiger partial charge in [0.25, 0.3) is 11.8 Å². The molecule has 0 bridgehead atoms. The summed E-state index contributed by atoms with van der Waals surface area (Å²) in [6.07, 6.45) is 1.71. The Kier molecular flexibility index (Phi) is 9.55. The minimum absolute atomic E-state index is 0.0751. The van der Waals surface area contributed by atoms with Gasteiger partial charge in [-0.2, -0.15) is 0 Å². The third-order valence-electron chi connectivity index (χ3n) is 6.27. The molecular formula is C32H23BrIN3O4S. The molecule has 1 aliphatic rings. The number of nitrogens with one attached hydrogen (secondary N) is 2. The molecule has 42 heavy (non-hydrogen) atoms. The maximum Gasteiger partial charge on any atom is 0.272 e. The molecular weight excluding hydrogens is 729 g/mol. The summed E-state index contributed by atoms with van der Waals surface area (Å²) in [4.78, 5) is 53.9. The summed E-state index contributed by atoms with van der Waals surface area (Å²) in [7, 11) is 0. The molecule has 2 N–H and O–H groups in total. The second-order valence-corrected chi connectivity index (χ2v) is 12.7. The Morgan fingerprint density at radius 3 is 2.31 bits per heavy atom. The molecule has 0 aromatic heterocycles. The van der Waals surface area contributed by atoms with Crippen LogP contribution in [0.2, 0.25) is 0 Å². The number of nitrogens with zero attached hydrogens (tertiary/aromatic N) is 1. The van der Waals surface area contributed by atoms with Gasteiger partial charge in [-0.1, -0.05) is 46.3 Å². The van der Waals surface area contributed by atoms with Gasteiger partial charge >= 0.3 is 0 Å². The largest absolute Gasteiger partial charge is 0.321 e. The second-order valence-electron chi connectivity index (χ2n) is 9.27. The number of rotatable bonds is 8. The molecule has 7 nitrogen and oxygen atoms in total. The lowest BCUT2D eigenvalue weighted by molar-refractivity contribution is -0.121. The first kappa shape index (κ1) is 29.7. The highest BCUT2D eigenvalue weighted by Crippen LogP contribution is 2.34. The van der Waals surface area contributed by atoms with Crippen molar-refractivity contribution in [2.75, 3.05) is 10.2 Å². The van der Waals surface area contributed by atoms with Crippen molar-refractivity contribution in [3.05, 3.63) is 128 Å². The van der Waals surface area contributed by atoms with E-state index in [1.54, 1.807) is 66.7 Å². The topological polar surface area (TPSA) is 95.6 Å². The molecule has 1 saturated heterocycles. The van der Waals surface area contributed by atoms with E-state index >= 15 is 0 Å². The predicted octanol–water partition coefficient (Wildman–Crippen LogP) is 6.89. The molecule has 1 unspecified atom stereocenters. The average Bonchev–Trinajstić information content (AvgIpc) is 3.26. The summed E-state index contributed by atoms with van der Waals surface area (Å²) in [6.45, 7) is 0. The van der Waals surface area contributed by atoms with E-state index in [-0.39, 0.29) is 23.9 Å². The third-order valence-corrected chi connectivity index (χ3v) is 8.68. The molecule has 0 radical (unpaired) electrons. The summed E-state index contributed by atoms with van der Waals surface area (Å²) < 4.78 is 1.85. The van der Waals surface area contributed by atoms with Gasteiger partial charge in [-0.05, 0) is 107 Å². The number of amides is 4. The number of benzene rings is 4. The number of halogens is 2. The fourth-order valence-electron chi connectivity index (χ4n) is 4.24. The summed E-state index contributed by atoms with van der Waals surface area (Å²) >= 11 is 6.91. The van der Waals surface area contributed by atoms with Crippen molar-refractivity contribution in [3.8, 4) is 0 Å². The minimum atomic E-state index is -0.537. The molecule has 4 aromatic carbocycles. The van der Waals surface area contributed by atoms with Crippen molar-refractivity contribution in [2.24, 2.45) is 0 Å². The van der Waals surface area contributed by atoms with Crippen molar-refractivity contribution in [1.82, 2.24) is 5.32 Å². The van der Waals surface area contributed by atoms with E-state index < -0.39 is 17.1 Å². The molecule has 5 rings (SSSR count). The summed E-state index contributed by atoms with van der Waals surface area (Å²) in [5.41, 5.74) is 2.30. The van der Waals surface area contributed by atoms with E-state index in [4.69, 9.17) is 0 Å². The van der Waals surface area contributed by atoms with Crippen LogP contribution in [-0.2, 0) is 14.4 Å². The molecule has 0 spiro atoms. The lowest BCUT2D eigenvalue weighted by Gasteiger charge is -2.15. The van der Waals surface area contributed by atoms with Gasteiger partial charge in [-0.15, -0.1) is 11.8 Å². The number of hydrogen-bond donors (Lipinski definition) is 2. The Morgan fingerprint density at radius 2 is 1.62 bits per heavy atom. The number of carbonyl (C=O) groups excluding carboxylic acids is 4. The molecule has 210 valence electrons. The first-order valence-corrected chi connectivity index (χ1v) is 15.6. The van der Waals surface area contributed by atoms with Gasteiger partial charge < -0.3 is 10.6 Å². The van der Waals surface area contributed by atoms with E-state index in [0.29, 0.717) is 16.9 Å². The Labute approximate surface area is 269 Å². The molecule has 1 aliphatic heterocycles. The van der Waals surface area contributed by atoms with Crippen LogP contribution in [0.4, 0.5) is 11.4 Å². The van der Waals surface area contributed by atoms with Gasteiger partial charge in [-0.25, -0.2) is 4.90 Å². The highest BCUT2D eigenvalue weighted by molar-refractivity contribution is 14.1.